The molecule has 1 aliphatic rings. The summed E-state index contributed by atoms with van der Waals surface area (Å²) in [5.74, 6) is 0.201. The van der Waals surface area contributed by atoms with Crippen molar-refractivity contribution in [3.05, 3.63) is 35.1 Å². The Morgan fingerprint density at radius 1 is 1.30 bits per heavy atom. The Kier molecular flexibility index (Phi) is 11.5. The lowest BCUT2D eigenvalue weighted by Gasteiger charge is -2.35. The molecular weight excluding hydrogens is 526 g/mol. The first kappa shape index (κ1) is 27.0. The molecule has 2 rings (SSSR count). The van der Waals surface area contributed by atoms with E-state index in [1.807, 2.05) is 18.7 Å². The SMILES string of the molecule is CN=C(NCc1ccc(F)c(CO)c1)N1CCN(S(=O)(=O)CCOC(C)C)CC1.I. The van der Waals surface area contributed by atoms with E-state index in [0.717, 1.165) is 5.56 Å². The number of hydrogen-bond acceptors (Lipinski definition) is 5. The Morgan fingerprint density at radius 2 is 1.97 bits per heavy atom. The summed E-state index contributed by atoms with van der Waals surface area (Å²) in [6.07, 6.45) is 0.00557. The first-order chi connectivity index (χ1) is 13.8. The van der Waals surface area contributed by atoms with Crippen LogP contribution in [0.4, 0.5) is 4.39 Å². The van der Waals surface area contributed by atoms with Crippen LogP contribution in [-0.2, 0) is 27.9 Å². The molecule has 30 heavy (non-hydrogen) atoms. The average molecular weight is 558 g/mol. The highest BCUT2D eigenvalue weighted by atomic mass is 127. The molecule has 1 aliphatic heterocycles. The number of nitrogens with one attached hydrogen (secondary N) is 1. The summed E-state index contributed by atoms with van der Waals surface area (Å²) in [5, 5.41) is 12.4. The van der Waals surface area contributed by atoms with Crippen LogP contribution in [0.3, 0.4) is 0 Å². The maximum atomic E-state index is 13.5. The monoisotopic (exact) mass is 558 g/mol. The fourth-order valence-corrected chi connectivity index (χ4v) is 4.35. The van der Waals surface area contributed by atoms with Crippen molar-refractivity contribution >= 4 is 40.0 Å². The Labute approximate surface area is 195 Å². The van der Waals surface area contributed by atoms with Gasteiger partial charge in [0.25, 0.3) is 0 Å². The number of aliphatic hydroxyl groups is 1. The molecule has 8 nitrogen and oxygen atoms in total. The van der Waals surface area contributed by atoms with Crippen LogP contribution in [0.2, 0.25) is 0 Å². The fourth-order valence-electron chi connectivity index (χ4n) is 3.07. The smallest absolute Gasteiger partial charge is 0.216 e. The summed E-state index contributed by atoms with van der Waals surface area (Å²) in [7, 11) is -1.67. The van der Waals surface area contributed by atoms with Gasteiger partial charge in [-0.2, -0.15) is 4.31 Å². The Balaban J connectivity index is 0.00000450. The van der Waals surface area contributed by atoms with Crippen LogP contribution in [-0.4, -0.2) is 80.4 Å². The van der Waals surface area contributed by atoms with Gasteiger partial charge in [0.05, 0.1) is 25.1 Å². The quantitative estimate of drug-likeness (QED) is 0.285. The molecule has 2 N–H and O–H groups in total. The van der Waals surface area contributed by atoms with Gasteiger partial charge in [0.1, 0.15) is 5.82 Å². The first-order valence-corrected chi connectivity index (χ1v) is 11.3. The largest absolute Gasteiger partial charge is 0.392 e. The van der Waals surface area contributed by atoms with Crippen LogP contribution in [0.15, 0.2) is 23.2 Å². The van der Waals surface area contributed by atoms with Gasteiger partial charge in [0.15, 0.2) is 5.96 Å². The topological polar surface area (TPSA) is 94.5 Å². The van der Waals surface area contributed by atoms with Gasteiger partial charge in [-0.05, 0) is 31.5 Å². The van der Waals surface area contributed by atoms with E-state index in [2.05, 4.69) is 10.3 Å². The molecule has 1 heterocycles. The van der Waals surface area contributed by atoms with Gasteiger partial charge >= 0.3 is 0 Å². The predicted molar refractivity (Wildman–Crippen MR) is 126 cm³/mol. The number of benzene rings is 1. The van der Waals surface area contributed by atoms with Crippen molar-refractivity contribution in [3.63, 3.8) is 0 Å². The summed E-state index contributed by atoms with van der Waals surface area (Å²) in [5.41, 5.74) is 1.07. The molecule has 0 unspecified atom stereocenters. The van der Waals surface area contributed by atoms with E-state index in [9.17, 15) is 17.9 Å². The zero-order valence-electron chi connectivity index (χ0n) is 17.7. The molecule has 0 aliphatic carbocycles. The normalized spacial score (nSPS) is 15.9. The minimum atomic E-state index is -3.34. The number of piperazine rings is 1. The average Bonchev–Trinajstić information content (AvgIpc) is 2.69. The number of aliphatic imine (C=N–C) groups is 1. The summed E-state index contributed by atoms with van der Waals surface area (Å²) < 4.78 is 45.2. The molecule has 0 amide bonds. The highest BCUT2D eigenvalue weighted by molar-refractivity contribution is 14.0. The third kappa shape index (κ3) is 7.91. The van der Waals surface area contributed by atoms with Gasteiger partial charge in [-0.25, -0.2) is 12.8 Å². The van der Waals surface area contributed by atoms with Gasteiger partial charge in [-0.1, -0.05) is 6.07 Å². The molecule has 0 saturated carbocycles. The van der Waals surface area contributed by atoms with Crippen LogP contribution in [0.5, 0.6) is 0 Å². The molecule has 0 spiro atoms. The van der Waals surface area contributed by atoms with Crippen molar-refractivity contribution in [1.29, 1.82) is 0 Å². The van der Waals surface area contributed by atoms with Crippen LogP contribution in [0, 0.1) is 5.82 Å². The van der Waals surface area contributed by atoms with Crippen molar-refractivity contribution in [3.8, 4) is 0 Å². The summed E-state index contributed by atoms with van der Waals surface area (Å²) >= 11 is 0. The molecule has 0 radical (unpaired) electrons. The Hall–Kier alpha value is -1.02. The first-order valence-electron chi connectivity index (χ1n) is 9.70. The second kappa shape index (κ2) is 12.7. The Bertz CT molecular complexity index is 800. The number of nitrogens with zero attached hydrogens (tertiary/aromatic N) is 3. The van der Waals surface area contributed by atoms with Crippen molar-refractivity contribution in [2.24, 2.45) is 4.99 Å². The fraction of sp³-hybridized carbons (Fsp3) is 0.632. The number of guanidine groups is 1. The molecule has 0 bridgehead atoms. The van der Waals surface area contributed by atoms with Crippen LogP contribution in [0.25, 0.3) is 0 Å². The number of sulfonamides is 1. The molecule has 172 valence electrons. The van der Waals surface area contributed by atoms with E-state index in [1.165, 1.54) is 10.4 Å². The highest BCUT2D eigenvalue weighted by Crippen LogP contribution is 2.12. The van der Waals surface area contributed by atoms with Crippen molar-refractivity contribution in [2.45, 2.75) is 33.1 Å². The van der Waals surface area contributed by atoms with Gasteiger partial charge in [-0.3, -0.25) is 4.99 Å². The maximum Gasteiger partial charge on any atom is 0.216 e. The number of aliphatic hydroxyl groups excluding tert-OH is 1. The molecule has 11 heteroatoms. The Morgan fingerprint density at radius 3 is 2.53 bits per heavy atom. The molecule has 0 atom stereocenters. The third-order valence-electron chi connectivity index (χ3n) is 4.67. The highest BCUT2D eigenvalue weighted by Gasteiger charge is 2.28. The number of ether oxygens (including phenoxy) is 1. The van der Waals surface area contributed by atoms with Gasteiger partial charge in [0, 0.05) is 45.3 Å². The van der Waals surface area contributed by atoms with Crippen molar-refractivity contribution in [2.75, 3.05) is 45.6 Å². The maximum absolute atomic E-state index is 13.5. The number of hydrogen-bond donors (Lipinski definition) is 2. The van der Waals surface area contributed by atoms with E-state index in [-0.39, 0.29) is 54.6 Å². The summed E-state index contributed by atoms with van der Waals surface area (Å²) in [6, 6.07) is 4.59. The van der Waals surface area contributed by atoms with E-state index < -0.39 is 15.8 Å². The summed E-state index contributed by atoms with van der Waals surface area (Å²) in [4.78, 5) is 6.26. The van der Waals surface area contributed by atoms with E-state index in [1.54, 1.807) is 19.2 Å². The number of rotatable bonds is 8. The molecular formula is C19H32FIN4O4S. The minimum absolute atomic E-state index is 0. The molecule has 1 aromatic rings. The second-order valence-electron chi connectivity index (χ2n) is 7.11. The van der Waals surface area contributed by atoms with E-state index >= 15 is 0 Å². The second-order valence-corrected chi connectivity index (χ2v) is 9.19. The third-order valence-corrected chi connectivity index (χ3v) is 6.50. The molecule has 1 saturated heterocycles. The lowest BCUT2D eigenvalue weighted by atomic mass is 10.1. The minimum Gasteiger partial charge on any atom is -0.392 e. The van der Waals surface area contributed by atoms with Crippen molar-refractivity contribution < 1.29 is 22.7 Å². The van der Waals surface area contributed by atoms with Gasteiger partial charge in [0.2, 0.25) is 10.0 Å². The molecule has 1 aromatic carbocycles. The zero-order chi connectivity index (χ0) is 21.4. The molecule has 0 aromatic heterocycles. The summed E-state index contributed by atoms with van der Waals surface area (Å²) in [6.45, 7) is 5.83. The van der Waals surface area contributed by atoms with Crippen LogP contribution < -0.4 is 5.32 Å². The zero-order valence-corrected chi connectivity index (χ0v) is 20.8. The molecule has 1 fully saturated rings. The van der Waals surface area contributed by atoms with Crippen LogP contribution >= 0.6 is 24.0 Å². The van der Waals surface area contributed by atoms with Gasteiger partial charge in [-0.15, -0.1) is 24.0 Å². The van der Waals surface area contributed by atoms with E-state index in [4.69, 9.17) is 4.74 Å². The van der Waals surface area contributed by atoms with Crippen molar-refractivity contribution in [1.82, 2.24) is 14.5 Å². The lowest BCUT2D eigenvalue weighted by Crippen LogP contribution is -2.54. The van der Waals surface area contributed by atoms with E-state index in [0.29, 0.717) is 38.7 Å². The number of halogens is 2. The lowest BCUT2D eigenvalue weighted by molar-refractivity contribution is 0.0904. The standard InChI is InChI=1S/C19H31FN4O4S.HI/c1-15(2)28-10-11-29(26,27)24-8-6-23(7-9-24)19(21-3)22-13-16-4-5-18(20)17(12-16)14-25;/h4-5,12,15,25H,6-11,13-14H2,1-3H3,(H,21,22);1H. The van der Waals surface area contributed by atoms with Crippen LogP contribution in [0.1, 0.15) is 25.0 Å². The predicted octanol–water partition coefficient (Wildman–Crippen LogP) is 1.38. The van der Waals surface area contributed by atoms with Gasteiger partial charge < -0.3 is 20.1 Å².